The molecule has 2 heterocycles. The first-order valence-electron chi connectivity index (χ1n) is 8.75. The Morgan fingerprint density at radius 2 is 1.90 bits per heavy atom. The fourth-order valence-electron chi connectivity index (χ4n) is 2.85. The summed E-state index contributed by atoms with van der Waals surface area (Å²) in [5, 5.41) is 14.8. The van der Waals surface area contributed by atoms with Crippen LogP contribution in [0.25, 0.3) is 5.69 Å². The summed E-state index contributed by atoms with van der Waals surface area (Å²) in [4.78, 5) is 22.6. The maximum Gasteiger partial charge on any atom is 0.284 e. The SMILES string of the molecule is O=C(NN=Cc1cccn1-c1ccc([N+](=O)[O-])cc1)C1COc2ccccc2O1. The van der Waals surface area contributed by atoms with E-state index >= 15 is 0 Å². The largest absolute Gasteiger partial charge is 0.485 e. The number of hydrogen-bond acceptors (Lipinski definition) is 6. The van der Waals surface area contributed by atoms with Gasteiger partial charge in [0.25, 0.3) is 11.6 Å². The van der Waals surface area contributed by atoms with Crippen molar-refractivity contribution >= 4 is 17.8 Å². The lowest BCUT2D eigenvalue weighted by Gasteiger charge is -2.24. The third-order valence-corrected chi connectivity index (χ3v) is 4.29. The molecule has 0 saturated carbocycles. The lowest BCUT2D eigenvalue weighted by atomic mass is 10.2. The number of ether oxygens (including phenoxy) is 2. The van der Waals surface area contributed by atoms with Gasteiger partial charge in [0, 0.05) is 24.0 Å². The van der Waals surface area contributed by atoms with Crippen molar-refractivity contribution in [2.45, 2.75) is 6.10 Å². The Balaban J connectivity index is 1.41. The van der Waals surface area contributed by atoms with Gasteiger partial charge in [-0.3, -0.25) is 14.9 Å². The summed E-state index contributed by atoms with van der Waals surface area (Å²) in [7, 11) is 0. The van der Waals surface area contributed by atoms with Crippen molar-refractivity contribution in [2.24, 2.45) is 5.10 Å². The van der Waals surface area contributed by atoms with Crippen LogP contribution < -0.4 is 14.9 Å². The number of aromatic nitrogens is 1. The highest BCUT2D eigenvalue weighted by molar-refractivity contribution is 5.84. The molecule has 1 aliphatic heterocycles. The van der Waals surface area contributed by atoms with Crippen LogP contribution >= 0.6 is 0 Å². The molecular formula is C20H16N4O5. The molecule has 4 rings (SSSR count). The van der Waals surface area contributed by atoms with Gasteiger partial charge in [0.05, 0.1) is 16.8 Å². The average molecular weight is 392 g/mol. The second-order valence-corrected chi connectivity index (χ2v) is 6.18. The minimum Gasteiger partial charge on any atom is -0.485 e. The minimum absolute atomic E-state index is 0.0136. The number of benzene rings is 2. The van der Waals surface area contributed by atoms with Crippen LogP contribution in [-0.4, -0.2) is 34.3 Å². The first-order valence-corrected chi connectivity index (χ1v) is 8.75. The van der Waals surface area contributed by atoms with Crippen LogP contribution in [0.1, 0.15) is 5.69 Å². The van der Waals surface area contributed by atoms with Gasteiger partial charge in [-0.25, -0.2) is 5.43 Å². The van der Waals surface area contributed by atoms with Crippen molar-refractivity contribution in [3.8, 4) is 17.2 Å². The Hall–Kier alpha value is -4.14. The summed E-state index contributed by atoms with van der Waals surface area (Å²) in [6.45, 7) is 0.0948. The average Bonchev–Trinajstić information content (AvgIpc) is 3.22. The van der Waals surface area contributed by atoms with E-state index in [0.717, 1.165) is 5.69 Å². The van der Waals surface area contributed by atoms with E-state index in [9.17, 15) is 14.9 Å². The van der Waals surface area contributed by atoms with Crippen molar-refractivity contribution in [3.63, 3.8) is 0 Å². The van der Waals surface area contributed by atoms with Crippen molar-refractivity contribution < 1.29 is 19.2 Å². The van der Waals surface area contributed by atoms with Gasteiger partial charge >= 0.3 is 0 Å². The summed E-state index contributed by atoms with van der Waals surface area (Å²) in [6, 6.07) is 16.9. The summed E-state index contributed by atoms with van der Waals surface area (Å²) in [5.74, 6) is 0.681. The molecule has 3 aromatic rings. The van der Waals surface area contributed by atoms with Gasteiger partial charge in [-0.05, 0) is 36.4 Å². The molecule has 0 bridgehead atoms. The van der Waals surface area contributed by atoms with E-state index in [-0.39, 0.29) is 12.3 Å². The molecule has 0 fully saturated rings. The zero-order valence-electron chi connectivity index (χ0n) is 15.1. The van der Waals surface area contributed by atoms with Gasteiger partial charge in [0.15, 0.2) is 11.5 Å². The molecule has 2 aromatic carbocycles. The number of amides is 1. The number of carbonyl (C=O) groups is 1. The first-order chi connectivity index (χ1) is 14.1. The van der Waals surface area contributed by atoms with Gasteiger partial charge < -0.3 is 14.0 Å². The monoisotopic (exact) mass is 392 g/mol. The molecule has 146 valence electrons. The number of non-ortho nitro benzene ring substituents is 1. The van der Waals surface area contributed by atoms with Gasteiger partial charge in [-0.15, -0.1) is 0 Å². The maximum absolute atomic E-state index is 12.3. The normalized spacial score (nSPS) is 15.2. The fraction of sp³-hybridized carbons (Fsp3) is 0.100. The highest BCUT2D eigenvalue weighted by Gasteiger charge is 2.27. The van der Waals surface area contributed by atoms with E-state index in [0.29, 0.717) is 17.2 Å². The molecule has 1 unspecified atom stereocenters. The minimum atomic E-state index is -0.802. The number of nitro benzene ring substituents is 1. The molecule has 1 N–H and O–H groups in total. The smallest absolute Gasteiger partial charge is 0.284 e. The second kappa shape index (κ2) is 7.85. The van der Waals surface area contributed by atoms with Crippen molar-refractivity contribution in [1.29, 1.82) is 0 Å². The number of fused-ring (bicyclic) bond motifs is 1. The van der Waals surface area contributed by atoms with Crippen molar-refractivity contribution in [1.82, 2.24) is 9.99 Å². The molecule has 0 radical (unpaired) electrons. The third-order valence-electron chi connectivity index (χ3n) is 4.29. The van der Waals surface area contributed by atoms with E-state index in [1.54, 1.807) is 53.2 Å². The quantitative estimate of drug-likeness (QED) is 0.408. The molecular weight excluding hydrogens is 376 g/mol. The van der Waals surface area contributed by atoms with Crippen LogP contribution in [-0.2, 0) is 4.79 Å². The number of nitrogens with one attached hydrogen (secondary N) is 1. The molecule has 29 heavy (non-hydrogen) atoms. The van der Waals surface area contributed by atoms with Gasteiger partial charge in [0.2, 0.25) is 6.10 Å². The molecule has 1 aliphatic rings. The number of hydrogen-bond donors (Lipinski definition) is 1. The van der Waals surface area contributed by atoms with E-state index in [1.807, 2.05) is 6.07 Å². The molecule has 0 saturated heterocycles. The Morgan fingerprint density at radius 1 is 1.14 bits per heavy atom. The molecule has 9 nitrogen and oxygen atoms in total. The summed E-state index contributed by atoms with van der Waals surface area (Å²) in [5.41, 5.74) is 3.88. The summed E-state index contributed by atoms with van der Waals surface area (Å²) < 4.78 is 12.9. The van der Waals surface area contributed by atoms with Crippen LogP contribution in [0.5, 0.6) is 11.5 Å². The molecule has 1 amide bonds. The summed E-state index contributed by atoms with van der Waals surface area (Å²) in [6.07, 6.45) is 2.47. The van der Waals surface area contributed by atoms with E-state index in [2.05, 4.69) is 10.5 Å². The molecule has 1 aromatic heterocycles. The lowest BCUT2D eigenvalue weighted by Crippen LogP contribution is -2.42. The number of rotatable bonds is 5. The number of nitrogens with zero attached hydrogens (tertiary/aromatic N) is 3. The molecule has 0 spiro atoms. The van der Waals surface area contributed by atoms with Crippen LogP contribution in [0.4, 0.5) is 5.69 Å². The van der Waals surface area contributed by atoms with Crippen LogP contribution in [0.3, 0.4) is 0 Å². The van der Waals surface area contributed by atoms with E-state index < -0.39 is 16.9 Å². The zero-order chi connectivity index (χ0) is 20.2. The van der Waals surface area contributed by atoms with Crippen LogP contribution in [0, 0.1) is 10.1 Å². The number of nitro groups is 1. The Labute approximate surface area is 165 Å². The Bertz CT molecular complexity index is 1070. The lowest BCUT2D eigenvalue weighted by molar-refractivity contribution is -0.384. The highest BCUT2D eigenvalue weighted by Crippen LogP contribution is 2.30. The second-order valence-electron chi connectivity index (χ2n) is 6.18. The van der Waals surface area contributed by atoms with Gasteiger partial charge in [-0.1, -0.05) is 12.1 Å². The molecule has 1 atom stereocenters. The number of carbonyl (C=O) groups excluding carboxylic acids is 1. The summed E-state index contributed by atoms with van der Waals surface area (Å²) >= 11 is 0. The maximum atomic E-state index is 12.3. The Morgan fingerprint density at radius 3 is 2.66 bits per heavy atom. The first kappa shape index (κ1) is 18.2. The van der Waals surface area contributed by atoms with Gasteiger partial charge in [0.1, 0.15) is 6.61 Å². The van der Waals surface area contributed by atoms with E-state index in [4.69, 9.17) is 9.47 Å². The van der Waals surface area contributed by atoms with E-state index in [1.165, 1.54) is 18.3 Å². The van der Waals surface area contributed by atoms with Gasteiger partial charge in [-0.2, -0.15) is 5.10 Å². The highest BCUT2D eigenvalue weighted by atomic mass is 16.6. The molecule has 9 heteroatoms. The van der Waals surface area contributed by atoms with Crippen LogP contribution in [0.15, 0.2) is 72.0 Å². The van der Waals surface area contributed by atoms with Crippen molar-refractivity contribution in [3.05, 3.63) is 82.7 Å². The number of hydrazone groups is 1. The van der Waals surface area contributed by atoms with Crippen molar-refractivity contribution in [2.75, 3.05) is 6.61 Å². The zero-order valence-corrected chi connectivity index (χ0v) is 15.1. The predicted octanol–water partition coefficient (Wildman–Crippen LogP) is 2.68. The third kappa shape index (κ3) is 3.93. The standard InChI is InChI=1S/C20H16N4O5/c25-20(19-13-28-17-5-1-2-6-18(17)29-19)22-21-12-16-4-3-11-23(16)14-7-9-15(10-8-14)24(26)27/h1-12,19H,13H2,(H,22,25). The van der Waals surface area contributed by atoms with Crippen LogP contribution in [0.2, 0.25) is 0 Å². The fourth-order valence-corrected chi connectivity index (χ4v) is 2.85. The topological polar surface area (TPSA) is 108 Å². The Kier molecular flexibility index (Phi) is 4.93. The molecule has 0 aliphatic carbocycles. The number of para-hydroxylation sites is 2. The predicted molar refractivity (Wildman–Crippen MR) is 105 cm³/mol.